The third-order valence-corrected chi connectivity index (χ3v) is 5.55. The average molecular weight is 392 g/mol. The van der Waals surface area contributed by atoms with E-state index in [4.69, 9.17) is 9.72 Å². The molecule has 0 spiro atoms. The number of hydrogen-bond donors (Lipinski definition) is 0. The van der Waals surface area contributed by atoms with Crippen molar-refractivity contribution >= 4 is 22.8 Å². The molecule has 2 aromatic heterocycles. The number of pyridine rings is 2. The maximum absolute atomic E-state index is 13.4. The predicted molar refractivity (Wildman–Crippen MR) is 118 cm³/mol. The molecule has 0 saturated heterocycles. The highest BCUT2D eigenvalue weighted by molar-refractivity contribution is 6.14. The van der Waals surface area contributed by atoms with Crippen molar-refractivity contribution < 1.29 is 9.53 Å². The number of nitrogens with zero attached hydrogens (tertiary/aromatic N) is 2. The fourth-order valence-corrected chi connectivity index (χ4v) is 3.97. The molecule has 2 heterocycles. The summed E-state index contributed by atoms with van der Waals surface area (Å²) in [6, 6.07) is 21.9. The molecule has 0 fully saturated rings. The smallest absolute Gasteiger partial charge is 0.191 e. The summed E-state index contributed by atoms with van der Waals surface area (Å²) in [5.74, 6) is -0.00501. The first kappa shape index (κ1) is 18.4. The zero-order valence-corrected chi connectivity index (χ0v) is 16.6. The average Bonchev–Trinajstić information content (AvgIpc) is 2.81. The van der Waals surface area contributed by atoms with E-state index in [9.17, 15) is 4.79 Å². The van der Waals surface area contributed by atoms with E-state index in [1.54, 1.807) is 19.5 Å². The third kappa shape index (κ3) is 3.31. The zero-order chi connectivity index (χ0) is 20.5. The number of Topliss-reactive ketones (excluding diaryl/α,β-unsaturated/α-hetero) is 1. The Morgan fingerprint density at radius 2 is 1.93 bits per heavy atom. The number of hydrogen-bond acceptors (Lipinski definition) is 4. The second-order valence-electron chi connectivity index (χ2n) is 7.40. The van der Waals surface area contributed by atoms with Crippen molar-refractivity contribution in [2.24, 2.45) is 0 Å². The molecular formula is C26H20N2O2. The summed E-state index contributed by atoms with van der Waals surface area (Å²) in [4.78, 5) is 22.3. The van der Waals surface area contributed by atoms with Gasteiger partial charge in [-0.15, -0.1) is 0 Å². The number of ketones is 1. The molecule has 5 rings (SSSR count). The van der Waals surface area contributed by atoms with Crippen LogP contribution in [0.1, 0.15) is 21.5 Å². The number of aromatic nitrogens is 2. The largest absolute Gasteiger partial charge is 0.376 e. The van der Waals surface area contributed by atoms with Crippen LogP contribution in [0, 0.1) is 0 Å². The molecule has 30 heavy (non-hydrogen) atoms. The number of benzene rings is 2. The number of carbonyl (C=O) groups is 1. The van der Waals surface area contributed by atoms with Gasteiger partial charge in [-0.1, -0.05) is 42.5 Å². The molecule has 1 unspecified atom stereocenters. The van der Waals surface area contributed by atoms with Gasteiger partial charge in [0.05, 0.1) is 17.3 Å². The van der Waals surface area contributed by atoms with Crippen LogP contribution in [-0.2, 0) is 11.2 Å². The lowest BCUT2D eigenvalue weighted by atomic mass is 9.83. The van der Waals surface area contributed by atoms with Gasteiger partial charge in [-0.05, 0) is 41.5 Å². The molecular weight excluding hydrogens is 372 g/mol. The van der Waals surface area contributed by atoms with E-state index in [0.29, 0.717) is 17.6 Å². The molecule has 0 amide bonds. The van der Waals surface area contributed by atoms with Crippen molar-refractivity contribution in [1.82, 2.24) is 9.97 Å². The predicted octanol–water partition coefficient (Wildman–Crippen LogP) is 5.13. The summed E-state index contributed by atoms with van der Waals surface area (Å²) >= 11 is 0. The minimum atomic E-state index is -0.269. The number of ether oxygens (including phenoxy) is 1. The molecule has 0 radical (unpaired) electrons. The van der Waals surface area contributed by atoms with Crippen molar-refractivity contribution in [2.75, 3.05) is 7.11 Å². The number of rotatable bonds is 3. The lowest BCUT2D eigenvalue weighted by Gasteiger charge is -2.26. The highest BCUT2D eigenvalue weighted by Gasteiger charge is 2.30. The third-order valence-electron chi connectivity index (χ3n) is 5.55. The van der Waals surface area contributed by atoms with Crippen LogP contribution in [-0.4, -0.2) is 29.0 Å². The van der Waals surface area contributed by atoms with Gasteiger partial charge in [0.15, 0.2) is 5.78 Å². The summed E-state index contributed by atoms with van der Waals surface area (Å²) in [5.41, 5.74) is 5.99. The lowest BCUT2D eigenvalue weighted by molar-refractivity contribution is 0.0899. The standard InChI is InChI=1S/C26H20N2O2/c1-30-25-15-19-8-9-20(24-11-10-18-6-2-3-7-23(18)28-24)14-21(19)26(29)22(25)13-17-5-4-12-27-16-17/h2-14,16,25H,15H2,1H3. The van der Waals surface area contributed by atoms with E-state index in [-0.39, 0.29) is 11.9 Å². The summed E-state index contributed by atoms with van der Waals surface area (Å²) in [5, 5.41) is 1.10. The molecule has 1 aliphatic rings. The fraction of sp³-hybridized carbons (Fsp3) is 0.115. The van der Waals surface area contributed by atoms with E-state index in [0.717, 1.165) is 33.3 Å². The summed E-state index contributed by atoms with van der Waals surface area (Å²) < 4.78 is 5.64. The number of fused-ring (bicyclic) bond motifs is 2. The molecule has 146 valence electrons. The van der Waals surface area contributed by atoms with E-state index >= 15 is 0 Å². The first-order valence-electron chi connectivity index (χ1n) is 9.91. The van der Waals surface area contributed by atoms with Gasteiger partial charge in [0, 0.05) is 48.0 Å². The molecule has 4 heteroatoms. The van der Waals surface area contributed by atoms with E-state index in [1.807, 2.05) is 66.7 Å². The molecule has 0 aliphatic heterocycles. The van der Waals surface area contributed by atoms with Gasteiger partial charge >= 0.3 is 0 Å². The van der Waals surface area contributed by atoms with Crippen molar-refractivity contribution in [2.45, 2.75) is 12.5 Å². The normalized spacial score (nSPS) is 17.3. The molecule has 1 aliphatic carbocycles. The minimum Gasteiger partial charge on any atom is -0.376 e. The monoisotopic (exact) mass is 392 g/mol. The lowest BCUT2D eigenvalue weighted by Crippen LogP contribution is -2.29. The quantitative estimate of drug-likeness (QED) is 0.453. The van der Waals surface area contributed by atoms with Crippen LogP contribution >= 0.6 is 0 Å². The van der Waals surface area contributed by atoms with Gasteiger partial charge in [-0.25, -0.2) is 4.98 Å². The highest BCUT2D eigenvalue weighted by Crippen LogP contribution is 2.32. The maximum Gasteiger partial charge on any atom is 0.191 e. The number of carbonyl (C=O) groups excluding carboxylic acids is 1. The fourth-order valence-electron chi connectivity index (χ4n) is 3.97. The Hall–Kier alpha value is -3.63. The van der Waals surface area contributed by atoms with Crippen LogP contribution in [0.25, 0.3) is 28.2 Å². The zero-order valence-electron chi connectivity index (χ0n) is 16.6. The number of methoxy groups -OCH3 is 1. The molecule has 0 bridgehead atoms. The molecule has 2 aromatic carbocycles. The van der Waals surface area contributed by atoms with Gasteiger partial charge in [0.1, 0.15) is 0 Å². The SMILES string of the molecule is COC1Cc2ccc(-c3ccc4ccccc4n3)cc2C(=O)C1=Cc1cccnc1. The van der Waals surface area contributed by atoms with Gasteiger partial charge in [-0.2, -0.15) is 0 Å². The van der Waals surface area contributed by atoms with E-state index < -0.39 is 0 Å². The Morgan fingerprint density at radius 1 is 1.03 bits per heavy atom. The van der Waals surface area contributed by atoms with E-state index in [2.05, 4.69) is 11.1 Å². The van der Waals surface area contributed by atoms with Gasteiger partial charge in [0.2, 0.25) is 0 Å². The van der Waals surface area contributed by atoms with E-state index in [1.165, 1.54) is 0 Å². The van der Waals surface area contributed by atoms with Crippen molar-refractivity contribution in [3.63, 3.8) is 0 Å². The van der Waals surface area contributed by atoms with Crippen molar-refractivity contribution in [1.29, 1.82) is 0 Å². The Morgan fingerprint density at radius 3 is 2.77 bits per heavy atom. The van der Waals surface area contributed by atoms with Crippen LogP contribution in [0.5, 0.6) is 0 Å². The Labute approximate surface area is 174 Å². The molecule has 0 saturated carbocycles. The minimum absolute atomic E-state index is 0.00501. The van der Waals surface area contributed by atoms with Gasteiger partial charge in [-0.3, -0.25) is 9.78 Å². The summed E-state index contributed by atoms with van der Waals surface area (Å²) in [6.07, 6.45) is 5.74. The molecule has 4 nitrogen and oxygen atoms in total. The molecule has 0 N–H and O–H groups in total. The first-order chi connectivity index (χ1) is 14.7. The Balaban J connectivity index is 1.58. The van der Waals surface area contributed by atoms with Crippen LogP contribution in [0.3, 0.4) is 0 Å². The maximum atomic E-state index is 13.4. The molecule has 1 atom stereocenters. The van der Waals surface area contributed by atoms with Crippen LogP contribution in [0.15, 0.2) is 84.7 Å². The Bertz CT molecular complexity index is 1280. The first-order valence-corrected chi connectivity index (χ1v) is 9.91. The summed E-state index contributed by atoms with van der Waals surface area (Å²) in [6.45, 7) is 0. The second kappa shape index (κ2) is 7.65. The second-order valence-corrected chi connectivity index (χ2v) is 7.40. The van der Waals surface area contributed by atoms with Gasteiger partial charge < -0.3 is 4.74 Å². The topological polar surface area (TPSA) is 52.1 Å². The summed E-state index contributed by atoms with van der Waals surface area (Å²) in [7, 11) is 1.65. The molecule has 4 aromatic rings. The van der Waals surface area contributed by atoms with Crippen molar-refractivity contribution in [3.05, 3.63) is 101 Å². The highest BCUT2D eigenvalue weighted by atomic mass is 16.5. The van der Waals surface area contributed by atoms with Crippen LogP contribution in [0.2, 0.25) is 0 Å². The number of para-hydroxylation sites is 1. The Kier molecular flexibility index (Phi) is 4.69. The van der Waals surface area contributed by atoms with Crippen molar-refractivity contribution in [3.8, 4) is 11.3 Å². The van der Waals surface area contributed by atoms with Gasteiger partial charge in [0.25, 0.3) is 0 Å². The van der Waals surface area contributed by atoms with Crippen LogP contribution < -0.4 is 0 Å². The van der Waals surface area contributed by atoms with Crippen LogP contribution in [0.4, 0.5) is 0 Å².